The molecule has 0 N–H and O–H groups in total. The van der Waals surface area contributed by atoms with Crippen LogP contribution in [-0.2, 0) is 9.59 Å². The van der Waals surface area contributed by atoms with Crippen LogP contribution in [0.5, 0.6) is 5.75 Å². The number of nitro benzene ring substituents is 1. The van der Waals surface area contributed by atoms with Crippen LogP contribution in [0.25, 0.3) is 0 Å². The van der Waals surface area contributed by atoms with Crippen molar-refractivity contribution < 1.29 is 24.0 Å². The highest BCUT2D eigenvalue weighted by Gasteiger charge is 2.65. The molecule has 184 valence electrons. The fourth-order valence-electron chi connectivity index (χ4n) is 5.59. The minimum atomic E-state index is -1.03. The number of non-ortho nitro benzene ring substituents is 1. The zero-order chi connectivity index (χ0) is 25.8. The van der Waals surface area contributed by atoms with E-state index in [0.717, 1.165) is 16.0 Å². The second-order valence-electron chi connectivity index (χ2n) is 9.08. The number of benzene rings is 3. The van der Waals surface area contributed by atoms with Crippen molar-refractivity contribution in [2.45, 2.75) is 12.1 Å². The summed E-state index contributed by atoms with van der Waals surface area (Å²) in [5.41, 5.74) is 1.81. The maximum absolute atomic E-state index is 13.9. The highest BCUT2D eigenvalue weighted by Crippen LogP contribution is 2.53. The Labute approximate surface area is 210 Å². The summed E-state index contributed by atoms with van der Waals surface area (Å²) < 4.78 is 5.19. The van der Waals surface area contributed by atoms with Crippen molar-refractivity contribution in [3.63, 3.8) is 0 Å². The van der Waals surface area contributed by atoms with Gasteiger partial charge in [0, 0.05) is 17.7 Å². The molecule has 10 nitrogen and oxygen atoms in total. The number of carbonyl (C=O) groups is 3. The summed E-state index contributed by atoms with van der Waals surface area (Å²) in [6.07, 6.45) is 1.63. The Balaban J connectivity index is 1.47. The molecule has 3 aliphatic heterocycles. The first kappa shape index (κ1) is 22.6. The van der Waals surface area contributed by atoms with Crippen LogP contribution in [0.3, 0.4) is 0 Å². The van der Waals surface area contributed by atoms with E-state index in [9.17, 15) is 24.5 Å². The van der Waals surface area contributed by atoms with Gasteiger partial charge in [0.25, 0.3) is 5.69 Å². The molecule has 0 radical (unpaired) electrons. The number of methoxy groups -OCH3 is 1. The van der Waals surface area contributed by atoms with E-state index in [-0.39, 0.29) is 17.2 Å². The van der Waals surface area contributed by atoms with Gasteiger partial charge in [-0.05, 0) is 41.5 Å². The number of ether oxygens (including phenoxy) is 1. The van der Waals surface area contributed by atoms with Gasteiger partial charge in [-0.3, -0.25) is 29.5 Å². The Kier molecular flexibility index (Phi) is 5.11. The van der Waals surface area contributed by atoms with Crippen LogP contribution in [-0.4, -0.2) is 46.9 Å². The number of anilines is 1. The first-order chi connectivity index (χ1) is 17.9. The number of hydrogen-bond acceptors (Lipinski definition) is 8. The first-order valence-corrected chi connectivity index (χ1v) is 11.6. The molecule has 3 aromatic carbocycles. The molecule has 37 heavy (non-hydrogen) atoms. The standard InChI is InChI=1S/C27H20N4O6/c1-37-19-11-9-15(10-12-19)25(32)24-22-21(23-20-8-3-2-5-16(20)14-28-30(23)24)26(33)29(27(22)34)17-6-4-7-18(13-17)31(35)36/h2-14,21-24H,1H3/t21-,22+,23-,24-/m1/s1. The molecule has 0 bridgehead atoms. The predicted octanol–water partition coefficient (Wildman–Crippen LogP) is 3.36. The van der Waals surface area contributed by atoms with Crippen molar-refractivity contribution in [2.75, 3.05) is 12.0 Å². The summed E-state index contributed by atoms with van der Waals surface area (Å²) in [7, 11) is 1.52. The van der Waals surface area contributed by atoms with Gasteiger partial charge in [-0.2, -0.15) is 5.10 Å². The third-order valence-electron chi connectivity index (χ3n) is 7.24. The zero-order valence-electron chi connectivity index (χ0n) is 19.6. The molecule has 0 spiro atoms. The maximum atomic E-state index is 13.9. The molecule has 3 heterocycles. The molecule has 0 unspecified atom stereocenters. The number of nitrogens with zero attached hydrogens (tertiary/aromatic N) is 4. The second-order valence-corrected chi connectivity index (χ2v) is 9.08. The lowest BCUT2D eigenvalue weighted by atomic mass is 9.83. The average Bonchev–Trinajstić information content (AvgIpc) is 3.40. The van der Waals surface area contributed by atoms with Gasteiger partial charge in [-0.15, -0.1) is 0 Å². The number of hydrogen-bond donors (Lipinski definition) is 0. The Hall–Kier alpha value is -4.86. The third-order valence-corrected chi connectivity index (χ3v) is 7.24. The predicted molar refractivity (Wildman–Crippen MR) is 132 cm³/mol. The highest BCUT2D eigenvalue weighted by atomic mass is 16.6. The van der Waals surface area contributed by atoms with E-state index in [0.29, 0.717) is 11.3 Å². The Morgan fingerprint density at radius 1 is 0.973 bits per heavy atom. The zero-order valence-corrected chi connectivity index (χ0v) is 19.6. The van der Waals surface area contributed by atoms with Gasteiger partial charge in [0.15, 0.2) is 5.78 Å². The molecule has 6 rings (SSSR count). The fraction of sp³-hybridized carbons (Fsp3) is 0.185. The van der Waals surface area contributed by atoms with Gasteiger partial charge >= 0.3 is 0 Å². The summed E-state index contributed by atoms with van der Waals surface area (Å²) in [6, 6.07) is 17.7. The van der Waals surface area contributed by atoms with E-state index in [1.54, 1.807) is 35.5 Å². The highest BCUT2D eigenvalue weighted by molar-refractivity contribution is 6.24. The molecular weight excluding hydrogens is 476 g/mol. The number of rotatable bonds is 5. The summed E-state index contributed by atoms with van der Waals surface area (Å²) in [4.78, 5) is 53.3. The lowest BCUT2D eigenvalue weighted by Gasteiger charge is -2.33. The number of imide groups is 1. The lowest BCUT2D eigenvalue weighted by molar-refractivity contribution is -0.384. The quantitative estimate of drug-likeness (QED) is 0.230. The van der Waals surface area contributed by atoms with Gasteiger partial charge in [0.05, 0.1) is 41.8 Å². The molecule has 4 atom stereocenters. The van der Waals surface area contributed by atoms with Crippen molar-refractivity contribution in [1.82, 2.24) is 5.01 Å². The maximum Gasteiger partial charge on any atom is 0.271 e. The average molecular weight is 496 g/mol. The van der Waals surface area contributed by atoms with Crippen LogP contribution in [0.4, 0.5) is 11.4 Å². The van der Waals surface area contributed by atoms with Crippen LogP contribution in [0, 0.1) is 22.0 Å². The van der Waals surface area contributed by atoms with E-state index in [1.807, 2.05) is 24.3 Å². The van der Waals surface area contributed by atoms with Crippen LogP contribution >= 0.6 is 0 Å². The van der Waals surface area contributed by atoms with Crippen molar-refractivity contribution >= 4 is 35.2 Å². The number of nitro groups is 1. The van der Waals surface area contributed by atoms with E-state index < -0.39 is 40.7 Å². The molecule has 2 saturated heterocycles. The SMILES string of the molecule is COc1ccc(C(=O)[C@H]2[C@H]3C(=O)N(c4cccc([N+](=O)[O-])c4)C(=O)[C@H]3[C@H]3c4ccccc4C=NN32)cc1. The summed E-state index contributed by atoms with van der Waals surface area (Å²) in [5, 5.41) is 17.4. The molecule has 0 saturated carbocycles. The number of carbonyl (C=O) groups excluding carboxylic acids is 3. The summed E-state index contributed by atoms with van der Waals surface area (Å²) in [6.45, 7) is 0. The van der Waals surface area contributed by atoms with Crippen molar-refractivity contribution in [2.24, 2.45) is 16.9 Å². The number of ketones is 1. The Morgan fingerprint density at radius 3 is 2.43 bits per heavy atom. The minimum Gasteiger partial charge on any atom is -0.497 e. The van der Waals surface area contributed by atoms with Crippen LogP contribution in [0.15, 0.2) is 77.9 Å². The lowest BCUT2D eigenvalue weighted by Crippen LogP contribution is -2.44. The number of fused-ring (bicyclic) bond motifs is 5. The van der Waals surface area contributed by atoms with Gasteiger partial charge in [-0.25, -0.2) is 4.90 Å². The smallest absolute Gasteiger partial charge is 0.271 e. The Morgan fingerprint density at radius 2 is 1.70 bits per heavy atom. The summed E-state index contributed by atoms with van der Waals surface area (Å²) in [5.74, 6) is -2.77. The topological polar surface area (TPSA) is 122 Å². The van der Waals surface area contributed by atoms with Gasteiger partial charge < -0.3 is 4.74 Å². The second kappa shape index (κ2) is 8.37. The van der Waals surface area contributed by atoms with E-state index in [2.05, 4.69) is 5.10 Å². The fourth-order valence-corrected chi connectivity index (χ4v) is 5.59. The third kappa shape index (κ3) is 3.33. The van der Waals surface area contributed by atoms with Crippen LogP contribution < -0.4 is 9.64 Å². The molecule has 2 amide bonds. The first-order valence-electron chi connectivity index (χ1n) is 11.6. The Bertz CT molecular complexity index is 1500. The van der Waals surface area contributed by atoms with E-state index >= 15 is 0 Å². The van der Waals surface area contributed by atoms with Gasteiger partial charge in [-0.1, -0.05) is 30.3 Å². The molecule has 0 aliphatic carbocycles. The monoisotopic (exact) mass is 496 g/mol. The van der Waals surface area contributed by atoms with Crippen LogP contribution in [0.2, 0.25) is 0 Å². The minimum absolute atomic E-state index is 0.105. The largest absolute Gasteiger partial charge is 0.497 e. The molecule has 2 fully saturated rings. The molecule has 3 aliphatic rings. The van der Waals surface area contributed by atoms with E-state index in [4.69, 9.17) is 4.74 Å². The molecule has 3 aromatic rings. The number of hydrazone groups is 1. The molecule has 10 heteroatoms. The van der Waals surface area contributed by atoms with Crippen molar-refractivity contribution in [1.29, 1.82) is 0 Å². The van der Waals surface area contributed by atoms with E-state index in [1.165, 1.54) is 31.4 Å². The number of amides is 2. The number of Topliss-reactive ketones (excluding diaryl/α,β-unsaturated/α-hetero) is 1. The molecular formula is C27H20N4O6. The normalized spacial score (nSPS) is 23.5. The molecule has 0 aromatic heterocycles. The van der Waals surface area contributed by atoms with Gasteiger partial charge in [0.2, 0.25) is 11.8 Å². The summed E-state index contributed by atoms with van der Waals surface area (Å²) >= 11 is 0. The van der Waals surface area contributed by atoms with Crippen LogP contribution in [0.1, 0.15) is 27.5 Å². The van der Waals surface area contributed by atoms with Crippen molar-refractivity contribution in [3.05, 3.63) is 99.6 Å². The van der Waals surface area contributed by atoms with Gasteiger partial charge in [0.1, 0.15) is 11.8 Å². The van der Waals surface area contributed by atoms with Crippen molar-refractivity contribution in [3.8, 4) is 5.75 Å².